The van der Waals surface area contributed by atoms with Gasteiger partial charge in [0.2, 0.25) is 0 Å². The van der Waals surface area contributed by atoms with Crippen molar-refractivity contribution in [3.05, 3.63) is 42.2 Å². The predicted molar refractivity (Wildman–Crippen MR) is 60.5 cm³/mol. The van der Waals surface area contributed by atoms with E-state index in [9.17, 15) is 4.79 Å². The van der Waals surface area contributed by atoms with Crippen molar-refractivity contribution in [2.24, 2.45) is 0 Å². The van der Waals surface area contributed by atoms with Gasteiger partial charge in [0, 0.05) is 11.8 Å². The van der Waals surface area contributed by atoms with Crippen LogP contribution in [0.25, 0.3) is 0 Å². The van der Waals surface area contributed by atoms with Crippen molar-refractivity contribution in [3.8, 4) is 0 Å². The first-order valence-corrected chi connectivity index (χ1v) is 4.89. The van der Waals surface area contributed by atoms with Crippen LogP contribution >= 0.6 is 0 Å². The molecule has 0 radical (unpaired) electrons. The summed E-state index contributed by atoms with van der Waals surface area (Å²) in [6.45, 7) is 4.21. The maximum absolute atomic E-state index is 11.4. The highest BCUT2D eigenvalue weighted by Crippen LogP contribution is 2.05. The lowest BCUT2D eigenvalue weighted by Crippen LogP contribution is -2.09. The van der Waals surface area contributed by atoms with Crippen LogP contribution in [0.4, 0.5) is 5.69 Å². The SMILES string of the molecule is CCO/C(C)=C/C(=O)Nc1ccccc1. The summed E-state index contributed by atoms with van der Waals surface area (Å²) in [4.78, 5) is 11.4. The van der Waals surface area contributed by atoms with Gasteiger partial charge in [-0.1, -0.05) is 18.2 Å². The van der Waals surface area contributed by atoms with Gasteiger partial charge in [0.15, 0.2) is 0 Å². The van der Waals surface area contributed by atoms with Gasteiger partial charge in [-0.25, -0.2) is 0 Å². The van der Waals surface area contributed by atoms with Gasteiger partial charge in [0.25, 0.3) is 5.91 Å². The van der Waals surface area contributed by atoms with Gasteiger partial charge in [0.1, 0.15) is 0 Å². The molecule has 1 amide bonds. The molecule has 0 aliphatic rings. The van der Waals surface area contributed by atoms with Crippen LogP contribution in [0.3, 0.4) is 0 Å². The molecule has 1 aromatic carbocycles. The van der Waals surface area contributed by atoms with E-state index in [-0.39, 0.29) is 5.91 Å². The average molecular weight is 205 g/mol. The number of para-hydroxylation sites is 1. The van der Waals surface area contributed by atoms with E-state index in [0.717, 1.165) is 5.69 Å². The molecule has 1 rings (SSSR count). The highest BCUT2D eigenvalue weighted by Gasteiger charge is 1.98. The van der Waals surface area contributed by atoms with Gasteiger partial charge in [-0.3, -0.25) is 4.79 Å². The summed E-state index contributed by atoms with van der Waals surface area (Å²) in [6, 6.07) is 9.31. The van der Waals surface area contributed by atoms with E-state index in [0.29, 0.717) is 12.4 Å². The van der Waals surface area contributed by atoms with Crippen molar-refractivity contribution in [2.75, 3.05) is 11.9 Å². The van der Waals surface area contributed by atoms with Crippen molar-refractivity contribution in [3.63, 3.8) is 0 Å². The zero-order chi connectivity index (χ0) is 11.1. The topological polar surface area (TPSA) is 38.3 Å². The minimum absolute atomic E-state index is 0.174. The number of hydrogen-bond donors (Lipinski definition) is 1. The molecule has 0 fully saturated rings. The van der Waals surface area contributed by atoms with E-state index < -0.39 is 0 Å². The average Bonchev–Trinajstić information content (AvgIpc) is 2.19. The second-order valence-corrected chi connectivity index (χ2v) is 3.04. The number of carbonyl (C=O) groups excluding carboxylic acids is 1. The Balaban J connectivity index is 2.53. The van der Waals surface area contributed by atoms with Gasteiger partial charge in [-0.05, 0) is 26.0 Å². The molecule has 0 spiro atoms. The number of hydrogen-bond acceptors (Lipinski definition) is 2. The van der Waals surface area contributed by atoms with Crippen LogP contribution in [-0.4, -0.2) is 12.5 Å². The van der Waals surface area contributed by atoms with Crippen molar-refractivity contribution >= 4 is 11.6 Å². The van der Waals surface area contributed by atoms with Gasteiger partial charge in [0.05, 0.1) is 12.4 Å². The molecule has 80 valence electrons. The molecule has 0 aliphatic heterocycles. The quantitative estimate of drug-likeness (QED) is 0.606. The molecule has 3 nitrogen and oxygen atoms in total. The number of ether oxygens (including phenoxy) is 1. The fraction of sp³-hybridized carbons (Fsp3) is 0.250. The van der Waals surface area contributed by atoms with Crippen LogP contribution in [0.5, 0.6) is 0 Å². The standard InChI is InChI=1S/C12H15NO2/c1-3-15-10(2)9-12(14)13-11-7-5-4-6-8-11/h4-9H,3H2,1-2H3,(H,13,14)/b10-9+. The minimum atomic E-state index is -0.174. The third-order valence-electron chi connectivity index (χ3n) is 1.75. The third kappa shape index (κ3) is 4.31. The summed E-state index contributed by atoms with van der Waals surface area (Å²) in [7, 11) is 0. The number of allylic oxidation sites excluding steroid dienone is 1. The first kappa shape index (κ1) is 11.3. The molecule has 0 saturated heterocycles. The Labute approximate surface area is 89.8 Å². The van der Waals surface area contributed by atoms with Crippen LogP contribution in [0, 0.1) is 0 Å². The summed E-state index contributed by atoms with van der Waals surface area (Å²) < 4.78 is 5.15. The predicted octanol–water partition coefficient (Wildman–Crippen LogP) is 2.57. The summed E-state index contributed by atoms with van der Waals surface area (Å²) in [5.74, 6) is 0.443. The Kier molecular flexibility index (Phi) is 4.41. The zero-order valence-corrected chi connectivity index (χ0v) is 8.99. The molecular weight excluding hydrogens is 190 g/mol. The first-order chi connectivity index (χ1) is 7.22. The molecule has 1 N–H and O–H groups in total. The molecule has 0 atom stereocenters. The Bertz CT molecular complexity index is 344. The molecule has 15 heavy (non-hydrogen) atoms. The number of benzene rings is 1. The second-order valence-electron chi connectivity index (χ2n) is 3.04. The van der Waals surface area contributed by atoms with Gasteiger partial charge in [-0.15, -0.1) is 0 Å². The molecular formula is C12H15NO2. The Morgan fingerprint density at radius 3 is 2.67 bits per heavy atom. The normalized spacial score (nSPS) is 10.9. The molecule has 1 aromatic rings. The monoisotopic (exact) mass is 205 g/mol. The van der Waals surface area contributed by atoms with E-state index in [1.807, 2.05) is 37.3 Å². The van der Waals surface area contributed by atoms with Crippen LogP contribution in [-0.2, 0) is 9.53 Å². The summed E-state index contributed by atoms with van der Waals surface area (Å²) >= 11 is 0. The molecule has 3 heteroatoms. The summed E-state index contributed by atoms with van der Waals surface area (Å²) in [5.41, 5.74) is 0.781. The fourth-order valence-corrected chi connectivity index (χ4v) is 1.15. The maximum atomic E-state index is 11.4. The van der Waals surface area contributed by atoms with E-state index >= 15 is 0 Å². The molecule has 0 bridgehead atoms. The molecule has 0 heterocycles. The number of nitrogens with one attached hydrogen (secondary N) is 1. The van der Waals surface area contributed by atoms with Crippen LogP contribution in [0.1, 0.15) is 13.8 Å². The number of amides is 1. The van der Waals surface area contributed by atoms with Crippen molar-refractivity contribution < 1.29 is 9.53 Å². The largest absolute Gasteiger partial charge is 0.498 e. The molecule has 0 saturated carbocycles. The highest BCUT2D eigenvalue weighted by atomic mass is 16.5. The van der Waals surface area contributed by atoms with Crippen LogP contribution < -0.4 is 5.32 Å². The Hall–Kier alpha value is -1.77. The van der Waals surface area contributed by atoms with E-state index in [4.69, 9.17) is 4.74 Å². The van der Waals surface area contributed by atoms with Gasteiger partial charge >= 0.3 is 0 Å². The summed E-state index contributed by atoms with van der Waals surface area (Å²) in [6.07, 6.45) is 1.44. The first-order valence-electron chi connectivity index (χ1n) is 4.89. The molecule has 0 aliphatic carbocycles. The molecule has 0 aromatic heterocycles. The number of rotatable bonds is 4. The smallest absolute Gasteiger partial charge is 0.251 e. The summed E-state index contributed by atoms with van der Waals surface area (Å²) in [5, 5.41) is 2.74. The maximum Gasteiger partial charge on any atom is 0.251 e. The lowest BCUT2D eigenvalue weighted by molar-refractivity contribution is -0.112. The minimum Gasteiger partial charge on any atom is -0.498 e. The van der Waals surface area contributed by atoms with Crippen LogP contribution in [0.2, 0.25) is 0 Å². The highest BCUT2D eigenvalue weighted by molar-refractivity contribution is 5.99. The third-order valence-corrected chi connectivity index (χ3v) is 1.75. The van der Waals surface area contributed by atoms with E-state index in [1.165, 1.54) is 6.08 Å². The Morgan fingerprint density at radius 1 is 1.40 bits per heavy atom. The number of anilines is 1. The van der Waals surface area contributed by atoms with Gasteiger partial charge < -0.3 is 10.1 Å². The lowest BCUT2D eigenvalue weighted by Gasteiger charge is -2.03. The lowest BCUT2D eigenvalue weighted by atomic mass is 10.3. The van der Waals surface area contributed by atoms with Crippen molar-refractivity contribution in [1.29, 1.82) is 0 Å². The zero-order valence-electron chi connectivity index (χ0n) is 8.99. The second kappa shape index (κ2) is 5.86. The Morgan fingerprint density at radius 2 is 2.07 bits per heavy atom. The van der Waals surface area contributed by atoms with Crippen LogP contribution in [0.15, 0.2) is 42.2 Å². The molecule has 0 unspecified atom stereocenters. The van der Waals surface area contributed by atoms with Crippen molar-refractivity contribution in [1.82, 2.24) is 0 Å². The van der Waals surface area contributed by atoms with E-state index in [2.05, 4.69) is 5.32 Å². The van der Waals surface area contributed by atoms with E-state index in [1.54, 1.807) is 6.92 Å². The van der Waals surface area contributed by atoms with Crippen molar-refractivity contribution in [2.45, 2.75) is 13.8 Å². The number of carbonyl (C=O) groups is 1. The van der Waals surface area contributed by atoms with Gasteiger partial charge in [-0.2, -0.15) is 0 Å². The fourth-order valence-electron chi connectivity index (χ4n) is 1.15.